The van der Waals surface area contributed by atoms with Gasteiger partial charge in [0.05, 0.1) is 6.33 Å². The molecule has 1 saturated heterocycles. The molecule has 0 radical (unpaired) electrons. The van der Waals surface area contributed by atoms with Gasteiger partial charge in [-0.1, -0.05) is 0 Å². The van der Waals surface area contributed by atoms with Gasteiger partial charge in [0.25, 0.3) is 5.56 Å². The van der Waals surface area contributed by atoms with Crippen LogP contribution in [0.4, 0.5) is 21.6 Å². The summed E-state index contributed by atoms with van der Waals surface area (Å²) in [7, 11) is 0. The molecular weight excluding hydrogens is 273 g/mol. The van der Waals surface area contributed by atoms with Crippen molar-refractivity contribution >= 4 is 17.2 Å². The first-order valence-corrected chi connectivity index (χ1v) is 6.74. The van der Waals surface area contributed by atoms with E-state index in [1.807, 2.05) is 4.90 Å². The van der Waals surface area contributed by atoms with Crippen LogP contribution in [0.1, 0.15) is 0 Å². The van der Waals surface area contributed by atoms with Gasteiger partial charge in [-0.2, -0.15) is 0 Å². The number of nitrogens with one attached hydrogen (secondary N) is 1. The molecule has 7 heteroatoms. The van der Waals surface area contributed by atoms with Crippen LogP contribution >= 0.6 is 0 Å². The summed E-state index contributed by atoms with van der Waals surface area (Å²) in [5.74, 6) is 0.287. The first-order valence-electron chi connectivity index (χ1n) is 6.74. The average molecular weight is 289 g/mol. The Hall–Kier alpha value is -2.57. The number of rotatable bonds is 2. The van der Waals surface area contributed by atoms with E-state index in [1.54, 1.807) is 12.1 Å². The van der Waals surface area contributed by atoms with E-state index in [4.69, 9.17) is 5.73 Å². The van der Waals surface area contributed by atoms with Crippen molar-refractivity contribution in [1.82, 2.24) is 9.97 Å². The number of aromatic amines is 1. The normalized spacial score (nSPS) is 15.3. The van der Waals surface area contributed by atoms with Gasteiger partial charge in [-0.25, -0.2) is 9.37 Å². The van der Waals surface area contributed by atoms with Crippen LogP contribution < -0.4 is 21.1 Å². The molecule has 6 nitrogen and oxygen atoms in total. The minimum atomic E-state index is -0.319. The first-order chi connectivity index (χ1) is 10.1. The lowest BCUT2D eigenvalue weighted by atomic mass is 10.2. The second kappa shape index (κ2) is 5.43. The maximum absolute atomic E-state index is 12.9. The quantitative estimate of drug-likeness (QED) is 0.855. The molecule has 0 amide bonds. The van der Waals surface area contributed by atoms with E-state index in [-0.39, 0.29) is 17.1 Å². The van der Waals surface area contributed by atoms with Gasteiger partial charge in [0, 0.05) is 31.9 Å². The van der Waals surface area contributed by atoms with Gasteiger partial charge in [-0.05, 0) is 24.3 Å². The summed E-state index contributed by atoms with van der Waals surface area (Å²) >= 11 is 0. The number of benzene rings is 1. The molecule has 2 aromatic rings. The van der Waals surface area contributed by atoms with Crippen LogP contribution in [0.25, 0.3) is 0 Å². The van der Waals surface area contributed by atoms with Gasteiger partial charge in [-0.15, -0.1) is 0 Å². The van der Waals surface area contributed by atoms with Gasteiger partial charge in [0.15, 0.2) is 5.82 Å². The molecule has 0 spiro atoms. The van der Waals surface area contributed by atoms with Crippen LogP contribution in [-0.2, 0) is 0 Å². The van der Waals surface area contributed by atoms with Crippen molar-refractivity contribution in [2.45, 2.75) is 0 Å². The molecular formula is C14H16FN5O. The standard InChI is InChI=1S/C14H16FN5O/c15-10-1-3-11(4-2-10)19-5-7-20(8-6-19)13-12(16)14(21)18-9-17-13/h1-4,9H,5-8,16H2,(H,17,18,21). The summed E-state index contributed by atoms with van der Waals surface area (Å²) in [6, 6.07) is 6.45. The third-order valence-corrected chi connectivity index (χ3v) is 3.64. The lowest BCUT2D eigenvalue weighted by Gasteiger charge is -2.36. The molecule has 1 aromatic heterocycles. The minimum absolute atomic E-state index is 0.146. The van der Waals surface area contributed by atoms with E-state index < -0.39 is 0 Å². The van der Waals surface area contributed by atoms with Crippen molar-refractivity contribution in [2.24, 2.45) is 0 Å². The van der Waals surface area contributed by atoms with E-state index in [9.17, 15) is 9.18 Å². The van der Waals surface area contributed by atoms with Crippen LogP contribution in [0, 0.1) is 5.82 Å². The highest BCUT2D eigenvalue weighted by Crippen LogP contribution is 2.21. The monoisotopic (exact) mass is 289 g/mol. The zero-order chi connectivity index (χ0) is 14.8. The number of anilines is 3. The molecule has 0 atom stereocenters. The van der Waals surface area contributed by atoms with Gasteiger partial charge >= 0.3 is 0 Å². The summed E-state index contributed by atoms with van der Waals surface area (Å²) in [4.78, 5) is 22.3. The number of aromatic nitrogens is 2. The molecule has 3 N–H and O–H groups in total. The summed E-state index contributed by atoms with van der Waals surface area (Å²) < 4.78 is 12.9. The van der Waals surface area contributed by atoms with Gasteiger partial charge in [0.2, 0.25) is 0 Å². The third kappa shape index (κ3) is 2.67. The number of nitrogen functional groups attached to an aromatic ring is 1. The van der Waals surface area contributed by atoms with Gasteiger partial charge in [0.1, 0.15) is 11.5 Å². The third-order valence-electron chi connectivity index (χ3n) is 3.64. The number of nitrogens with two attached hydrogens (primary N) is 1. The van der Waals surface area contributed by atoms with Crippen LogP contribution in [0.2, 0.25) is 0 Å². The Morgan fingerprint density at radius 3 is 2.38 bits per heavy atom. The minimum Gasteiger partial charge on any atom is -0.391 e. The summed E-state index contributed by atoms with van der Waals surface area (Å²) in [6.45, 7) is 2.94. The molecule has 1 aliphatic rings. The fourth-order valence-corrected chi connectivity index (χ4v) is 2.48. The molecule has 1 aliphatic heterocycles. The van der Waals surface area contributed by atoms with E-state index in [0.717, 1.165) is 18.8 Å². The highest BCUT2D eigenvalue weighted by Gasteiger charge is 2.20. The van der Waals surface area contributed by atoms with Gasteiger partial charge < -0.3 is 20.5 Å². The molecule has 2 heterocycles. The Labute approximate surface area is 121 Å². The second-order valence-electron chi connectivity index (χ2n) is 4.92. The number of nitrogens with zero attached hydrogens (tertiary/aromatic N) is 3. The Kier molecular flexibility index (Phi) is 3.47. The van der Waals surface area contributed by atoms with Gasteiger partial charge in [-0.3, -0.25) is 4.79 Å². The maximum atomic E-state index is 12.9. The highest BCUT2D eigenvalue weighted by atomic mass is 19.1. The largest absolute Gasteiger partial charge is 0.391 e. The average Bonchev–Trinajstić information content (AvgIpc) is 2.51. The summed E-state index contributed by atoms with van der Waals surface area (Å²) in [5, 5.41) is 0. The molecule has 21 heavy (non-hydrogen) atoms. The molecule has 0 bridgehead atoms. The zero-order valence-electron chi connectivity index (χ0n) is 11.4. The van der Waals surface area contributed by atoms with Crippen molar-refractivity contribution in [3.05, 3.63) is 46.8 Å². The fraction of sp³-hybridized carbons (Fsp3) is 0.286. The summed E-state index contributed by atoms with van der Waals surface area (Å²) in [6.07, 6.45) is 1.36. The first kappa shape index (κ1) is 13.4. The predicted molar refractivity (Wildman–Crippen MR) is 80.1 cm³/mol. The molecule has 3 rings (SSSR count). The second-order valence-corrected chi connectivity index (χ2v) is 4.92. The van der Waals surface area contributed by atoms with E-state index in [0.29, 0.717) is 18.9 Å². The zero-order valence-corrected chi connectivity index (χ0v) is 11.4. The van der Waals surface area contributed by atoms with Crippen LogP contribution in [0.5, 0.6) is 0 Å². The maximum Gasteiger partial charge on any atom is 0.276 e. The molecule has 0 aliphatic carbocycles. The Morgan fingerprint density at radius 2 is 1.71 bits per heavy atom. The van der Waals surface area contributed by atoms with E-state index in [2.05, 4.69) is 14.9 Å². The van der Waals surface area contributed by atoms with Crippen LogP contribution in [0.3, 0.4) is 0 Å². The van der Waals surface area contributed by atoms with Crippen molar-refractivity contribution in [2.75, 3.05) is 41.7 Å². The fourth-order valence-electron chi connectivity index (χ4n) is 2.48. The predicted octanol–water partition coefficient (Wildman–Crippen LogP) is 0.818. The van der Waals surface area contributed by atoms with E-state index >= 15 is 0 Å². The number of hydrogen-bond acceptors (Lipinski definition) is 5. The highest BCUT2D eigenvalue weighted by molar-refractivity contribution is 5.61. The smallest absolute Gasteiger partial charge is 0.276 e. The molecule has 1 fully saturated rings. The molecule has 0 saturated carbocycles. The van der Waals surface area contributed by atoms with Crippen LogP contribution in [0.15, 0.2) is 35.4 Å². The Morgan fingerprint density at radius 1 is 1.10 bits per heavy atom. The van der Waals surface area contributed by atoms with Crippen molar-refractivity contribution < 1.29 is 4.39 Å². The van der Waals surface area contributed by atoms with Crippen molar-refractivity contribution in [1.29, 1.82) is 0 Å². The SMILES string of the molecule is Nc1c(N2CCN(c3ccc(F)cc3)CC2)nc[nH]c1=O. The lowest BCUT2D eigenvalue weighted by molar-refractivity contribution is 0.624. The lowest BCUT2D eigenvalue weighted by Crippen LogP contribution is -2.47. The van der Waals surface area contributed by atoms with E-state index in [1.165, 1.54) is 18.5 Å². The molecule has 0 unspecified atom stereocenters. The molecule has 1 aromatic carbocycles. The Bertz CT molecular complexity index is 677. The van der Waals surface area contributed by atoms with Crippen molar-refractivity contribution in [3.8, 4) is 0 Å². The summed E-state index contributed by atoms with van der Waals surface area (Å²) in [5.41, 5.74) is 6.59. The number of halogens is 1. The van der Waals surface area contributed by atoms with Crippen LogP contribution in [-0.4, -0.2) is 36.1 Å². The van der Waals surface area contributed by atoms with Crippen molar-refractivity contribution in [3.63, 3.8) is 0 Å². The molecule has 110 valence electrons. The number of piperazine rings is 1. The number of H-pyrrole nitrogens is 1. The topological polar surface area (TPSA) is 78.2 Å². The Balaban J connectivity index is 1.71. The number of hydrogen-bond donors (Lipinski definition) is 2.